The van der Waals surface area contributed by atoms with Crippen molar-refractivity contribution < 1.29 is 19.2 Å². The molecule has 0 atom stereocenters. The summed E-state index contributed by atoms with van der Waals surface area (Å²) in [6, 6.07) is 34.1. The molecule has 2 heterocycles. The first kappa shape index (κ1) is 24.4. The number of amides is 2. The monoisotopic (exact) mass is 534 g/mol. The van der Waals surface area contributed by atoms with Gasteiger partial charge < -0.3 is 4.57 Å². The molecule has 0 spiro atoms. The standard InChI is InChI=1S/C35H22N2O4/c1-36-34(40)25-17-10-20-28(31(25)35(36)41)37-26-18-8-15-23(32(38)21-11-4-2-5-12-21)29(26)30-24(16-9-19-27(30)37)33(39)22-13-6-3-7-14-22/h2-20H,1H3. The number of nitrogens with zero attached hydrogens (tertiary/aromatic N) is 2. The molecule has 0 fully saturated rings. The van der Waals surface area contributed by atoms with Crippen LogP contribution in [0.3, 0.4) is 0 Å². The Morgan fingerprint density at radius 1 is 0.537 bits per heavy atom. The molecule has 0 radical (unpaired) electrons. The molecular weight excluding hydrogens is 512 g/mol. The number of hydrogen-bond acceptors (Lipinski definition) is 4. The third-order valence-corrected chi connectivity index (χ3v) is 7.71. The van der Waals surface area contributed by atoms with Gasteiger partial charge in [-0.05, 0) is 24.3 Å². The Balaban J connectivity index is 1.62. The van der Waals surface area contributed by atoms with Gasteiger partial charge in [0.15, 0.2) is 11.6 Å². The number of aromatic nitrogens is 1. The average molecular weight is 535 g/mol. The van der Waals surface area contributed by atoms with Crippen molar-refractivity contribution in [2.45, 2.75) is 0 Å². The lowest BCUT2D eigenvalue weighted by atomic mass is 9.94. The van der Waals surface area contributed by atoms with E-state index >= 15 is 0 Å². The second-order valence-electron chi connectivity index (χ2n) is 9.99. The lowest BCUT2D eigenvalue weighted by molar-refractivity contribution is 0.0692. The molecule has 7 rings (SSSR count). The zero-order chi connectivity index (χ0) is 28.2. The van der Waals surface area contributed by atoms with Crippen molar-refractivity contribution in [1.29, 1.82) is 0 Å². The summed E-state index contributed by atoms with van der Waals surface area (Å²) >= 11 is 0. The Morgan fingerprint density at radius 2 is 1.02 bits per heavy atom. The minimum absolute atomic E-state index is 0.179. The lowest BCUT2D eigenvalue weighted by Gasteiger charge is -2.12. The van der Waals surface area contributed by atoms with E-state index < -0.39 is 5.91 Å². The van der Waals surface area contributed by atoms with E-state index in [9.17, 15) is 19.2 Å². The van der Waals surface area contributed by atoms with Crippen molar-refractivity contribution in [3.8, 4) is 5.69 Å². The second-order valence-corrected chi connectivity index (χ2v) is 9.99. The number of carbonyl (C=O) groups is 4. The third kappa shape index (κ3) is 3.58. The number of ketones is 2. The topological polar surface area (TPSA) is 76.5 Å². The highest BCUT2D eigenvalue weighted by Crippen LogP contribution is 2.40. The highest BCUT2D eigenvalue weighted by molar-refractivity contribution is 6.29. The smallest absolute Gasteiger partial charge is 0.263 e. The van der Waals surface area contributed by atoms with Crippen molar-refractivity contribution in [1.82, 2.24) is 9.47 Å². The van der Waals surface area contributed by atoms with Gasteiger partial charge in [-0.3, -0.25) is 24.1 Å². The SMILES string of the molecule is CN1C(=O)c2cccc(-n3c4cccc(C(=O)c5ccccc5)c4c4c(C(=O)c5ccccc5)cccc43)c2C1=O. The summed E-state index contributed by atoms with van der Waals surface area (Å²) in [6.07, 6.45) is 0. The molecule has 6 heteroatoms. The molecule has 1 aromatic heterocycles. The van der Waals surface area contributed by atoms with Crippen LogP contribution in [0.4, 0.5) is 0 Å². The van der Waals surface area contributed by atoms with Crippen LogP contribution in [0.25, 0.3) is 27.5 Å². The van der Waals surface area contributed by atoms with Crippen LogP contribution < -0.4 is 0 Å². The van der Waals surface area contributed by atoms with Crippen LogP contribution in [-0.2, 0) is 0 Å². The van der Waals surface area contributed by atoms with Gasteiger partial charge in [0.05, 0.1) is 27.8 Å². The molecule has 0 aliphatic carbocycles. The summed E-state index contributed by atoms with van der Waals surface area (Å²) in [7, 11) is 1.47. The van der Waals surface area contributed by atoms with Crippen LogP contribution in [0.2, 0.25) is 0 Å². The van der Waals surface area contributed by atoms with Crippen molar-refractivity contribution in [2.75, 3.05) is 7.05 Å². The van der Waals surface area contributed by atoms with Crippen LogP contribution in [0.5, 0.6) is 0 Å². The molecule has 6 aromatic rings. The lowest BCUT2D eigenvalue weighted by Crippen LogP contribution is -2.24. The predicted molar refractivity (Wildman–Crippen MR) is 157 cm³/mol. The van der Waals surface area contributed by atoms with Crippen LogP contribution in [0.15, 0.2) is 115 Å². The second kappa shape index (κ2) is 9.24. The minimum atomic E-state index is -0.399. The van der Waals surface area contributed by atoms with Gasteiger partial charge in [-0.1, -0.05) is 91.0 Å². The first-order valence-corrected chi connectivity index (χ1v) is 13.2. The van der Waals surface area contributed by atoms with E-state index in [1.54, 1.807) is 66.7 Å². The van der Waals surface area contributed by atoms with Crippen molar-refractivity contribution in [3.63, 3.8) is 0 Å². The van der Waals surface area contributed by atoms with E-state index in [1.807, 2.05) is 53.1 Å². The molecule has 6 nitrogen and oxygen atoms in total. The molecule has 41 heavy (non-hydrogen) atoms. The largest absolute Gasteiger partial charge is 0.308 e. The maximum absolute atomic E-state index is 13.9. The van der Waals surface area contributed by atoms with Crippen LogP contribution in [0.1, 0.15) is 52.6 Å². The van der Waals surface area contributed by atoms with Crippen molar-refractivity contribution in [3.05, 3.63) is 149 Å². The molecule has 0 unspecified atom stereocenters. The van der Waals surface area contributed by atoms with E-state index in [2.05, 4.69) is 0 Å². The highest BCUT2D eigenvalue weighted by Gasteiger charge is 2.36. The molecule has 196 valence electrons. The molecule has 5 aromatic carbocycles. The first-order chi connectivity index (χ1) is 20.0. The molecule has 0 saturated carbocycles. The minimum Gasteiger partial charge on any atom is -0.308 e. The Bertz CT molecular complexity index is 1970. The fourth-order valence-corrected chi connectivity index (χ4v) is 5.81. The number of rotatable bonds is 5. The molecule has 1 aliphatic rings. The fraction of sp³-hybridized carbons (Fsp3) is 0.0286. The Hall–Kier alpha value is -5.62. The van der Waals surface area contributed by atoms with Gasteiger partial charge in [-0.25, -0.2) is 0 Å². The highest BCUT2D eigenvalue weighted by atomic mass is 16.2. The van der Waals surface area contributed by atoms with Crippen LogP contribution >= 0.6 is 0 Å². The average Bonchev–Trinajstić information content (AvgIpc) is 3.48. The van der Waals surface area contributed by atoms with Gasteiger partial charge in [-0.2, -0.15) is 0 Å². The number of fused-ring (bicyclic) bond motifs is 4. The first-order valence-electron chi connectivity index (χ1n) is 13.2. The Morgan fingerprint density at radius 3 is 1.54 bits per heavy atom. The molecule has 0 N–H and O–H groups in total. The third-order valence-electron chi connectivity index (χ3n) is 7.71. The maximum Gasteiger partial charge on any atom is 0.263 e. The zero-order valence-corrected chi connectivity index (χ0v) is 22.0. The normalized spacial score (nSPS) is 12.8. The quantitative estimate of drug-likeness (QED) is 0.188. The number of carbonyl (C=O) groups excluding carboxylic acids is 4. The summed E-state index contributed by atoms with van der Waals surface area (Å²) in [5.41, 5.74) is 4.36. The fourth-order valence-electron chi connectivity index (χ4n) is 5.81. The summed E-state index contributed by atoms with van der Waals surface area (Å²) < 4.78 is 1.89. The Labute approximate surface area is 235 Å². The van der Waals surface area contributed by atoms with E-state index in [0.29, 0.717) is 60.9 Å². The molecule has 0 saturated heterocycles. The van der Waals surface area contributed by atoms with Crippen molar-refractivity contribution in [2.24, 2.45) is 0 Å². The van der Waals surface area contributed by atoms with Crippen LogP contribution in [-0.4, -0.2) is 39.9 Å². The summed E-state index contributed by atoms with van der Waals surface area (Å²) in [4.78, 5) is 55.1. The van der Waals surface area contributed by atoms with Gasteiger partial charge in [0, 0.05) is 40.1 Å². The maximum atomic E-state index is 13.9. The summed E-state index contributed by atoms with van der Waals surface area (Å²) in [6.45, 7) is 0. The van der Waals surface area contributed by atoms with E-state index in [1.165, 1.54) is 7.05 Å². The molecule has 1 aliphatic heterocycles. The number of imide groups is 1. The van der Waals surface area contributed by atoms with Gasteiger partial charge in [0.25, 0.3) is 11.8 Å². The zero-order valence-electron chi connectivity index (χ0n) is 22.0. The van der Waals surface area contributed by atoms with Gasteiger partial charge >= 0.3 is 0 Å². The van der Waals surface area contributed by atoms with E-state index in [-0.39, 0.29) is 17.5 Å². The van der Waals surface area contributed by atoms with Gasteiger partial charge in [0.1, 0.15) is 0 Å². The number of benzene rings is 5. The van der Waals surface area contributed by atoms with Gasteiger partial charge in [-0.15, -0.1) is 0 Å². The van der Waals surface area contributed by atoms with E-state index in [4.69, 9.17) is 0 Å². The molecule has 2 amide bonds. The molecular formula is C35H22N2O4. The summed E-state index contributed by atoms with van der Waals surface area (Å²) in [5, 5.41) is 1.22. The van der Waals surface area contributed by atoms with Gasteiger partial charge in [0.2, 0.25) is 0 Å². The number of hydrogen-bond donors (Lipinski definition) is 0. The molecule has 0 bridgehead atoms. The van der Waals surface area contributed by atoms with Crippen molar-refractivity contribution >= 4 is 45.2 Å². The van der Waals surface area contributed by atoms with Crippen LogP contribution in [0, 0.1) is 0 Å². The van der Waals surface area contributed by atoms with E-state index in [0.717, 1.165) is 4.90 Å². The Kier molecular flexibility index (Phi) is 5.51. The predicted octanol–water partition coefficient (Wildman–Crippen LogP) is 6.47. The summed E-state index contributed by atoms with van der Waals surface area (Å²) in [5.74, 6) is -1.13.